The molecular weight excluding hydrogens is 504 g/mol. The van der Waals surface area contributed by atoms with Crippen LogP contribution in [0.4, 0.5) is 5.69 Å². The summed E-state index contributed by atoms with van der Waals surface area (Å²) in [7, 11) is 0. The van der Waals surface area contributed by atoms with Gasteiger partial charge in [-0.05, 0) is 103 Å². The number of nitrogens with zero attached hydrogens (tertiary/aromatic N) is 5. The molecule has 4 aromatic rings. The maximum absolute atomic E-state index is 14.1. The summed E-state index contributed by atoms with van der Waals surface area (Å²) in [4.78, 5) is 32.9. The molecule has 1 aliphatic rings. The topological polar surface area (TPSA) is 157 Å². The predicted molar refractivity (Wildman–Crippen MR) is 153 cm³/mol. The predicted octanol–water partition coefficient (Wildman–Crippen LogP) is 3.43. The van der Waals surface area contributed by atoms with Gasteiger partial charge in [-0.3, -0.25) is 19.5 Å². The van der Waals surface area contributed by atoms with Gasteiger partial charge < -0.3 is 11.5 Å². The first kappa shape index (κ1) is 27.1. The van der Waals surface area contributed by atoms with Gasteiger partial charge in [-0.25, -0.2) is 0 Å². The van der Waals surface area contributed by atoms with Crippen molar-refractivity contribution < 1.29 is 9.59 Å². The zero-order valence-electron chi connectivity index (χ0n) is 22.5. The summed E-state index contributed by atoms with van der Waals surface area (Å²) >= 11 is 0. The zero-order valence-corrected chi connectivity index (χ0v) is 22.5. The molecule has 0 spiro atoms. The number of benzene rings is 2. The second-order valence-electron chi connectivity index (χ2n) is 10.5. The van der Waals surface area contributed by atoms with Gasteiger partial charge in [0.05, 0.1) is 0 Å². The van der Waals surface area contributed by atoms with E-state index in [1.165, 1.54) is 0 Å². The number of aromatic nitrogens is 5. The summed E-state index contributed by atoms with van der Waals surface area (Å²) in [5.74, 6) is 0.0223. The molecule has 206 valence electrons. The molecular formula is C30H34N8O2. The second-order valence-corrected chi connectivity index (χ2v) is 10.5. The lowest BCUT2D eigenvalue weighted by Crippen LogP contribution is -2.52. The molecule has 0 aliphatic heterocycles. The molecule has 1 aliphatic carbocycles. The van der Waals surface area contributed by atoms with Gasteiger partial charge in [-0.1, -0.05) is 24.3 Å². The van der Waals surface area contributed by atoms with Crippen molar-refractivity contribution in [3.8, 4) is 22.5 Å². The lowest BCUT2D eigenvalue weighted by Gasteiger charge is -2.35. The molecule has 0 radical (unpaired) electrons. The Morgan fingerprint density at radius 1 is 1.05 bits per heavy atom. The highest BCUT2D eigenvalue weighted by atomic mass is 16.2. The maximum Gasteiger partial charge on any atom is 0.240 e. The molecule has 0 saturated heterocycles. The van der Waals surface area contributed by atoms with E-state index in [4.69, 9.17) is 11.5 Å². The number of anilines is 1. The zero-order chi connectivity index (χ0) is 28.1. The Morgan fingerprint density at radius 3 is 2.48 bits per heavy atom. The van der Waals surface area contributed by atoms with E-state index < -0.39 is 11.9 Å². The quantitative estimate of drug-likeness (QED) is 0.295. The number of pyridine rings is 1. The Kier molecular flexibility index (Phi) is 8.26. The first-order valence-corrected chi connectivity index (χ1v) is 13.6. The van der Waals surface area contributed by atoms with E-state index in [0.29, 0.717) is 24.0 Å². The first-order chi connectivity index (χ1) is 19.4. The van der Waals surface area contributed by atoms with Gasteiger partial charge in [0.1, 0.15) is 6.04 Å². The number of rotatable bonds is 9. The van der Waals surface area contributed by atoms with E-state index >= 15 is 0 Å². The number of nitrogens with one attached hydrogen (secondary N) is 1. The Labute approximate surface area is 233 Å². The number of H-pyrrole nitrogens is 1. The molecule has 2 aromatic carbocycles. The minimum absolute atomic E-state index is 0.0901. The van der Waals surface area contributed by atoms with Crippen LogP contribution in [0.1, 0.15) is 36.8 Å². The third kappa shape index (κ3) is 5.91. The van der Waals surface area contributed by atoms with Crippen molar-refractivity contribution in [2.75, 3.05) is 11.4 Å². The van der Waals surface area contributed by atoms with Crippen LogP contribution < -0.4 is 16.4 Å². The van der Waals surface area contributed by atoms with Gasteiger partial charge in [-0.15, -0.1) is 10.2 Å². The van der Waals surface area contributed by atoms with Crippen molar-refractivity contribution in [3.63, 3.8) is 0 Å². The molecule has 40 heavy (non-hydrogen) atoms. The summed E-state index contributed by atoms with van der Waals surface area (Å²) in [6, 6.07) is 16.3. The monoisotopic (exact) mass is 538 g/mol. The van der Waals surface area contributed by atoms with Crippen LogP contribution in [-0.2, 0) is 16.0 Å². The van der Waals surface area contributed by atoms with Crippen LogP contribution >= 0.6 is 0 Å². The lowest BCUT2D eigenvalue weighted by molar-refractivity contribution is -0.127. The molecule has 5 N–H and O–H groups in total. The highest BCUT2D eigenvalue weighted by Crippen LogP contribution is 2.33. The SMILES string of the molecule is Cc1cnccc1-c1cccc(C[C@@H](C(N)=O)N(C(=O)C2CCC(CN)CC2)c2ccc(-c3nn[nH]n3)cc2)c1. The Balaban J connectivity index is 1.48. The molecule has 10 nitrogen and oxygen atoms in total. The molecule has 2 amide bonds. The Morgan fingerprint density at radius 2 is 1.82 bits per heavy atom. The van der Waals surface area contributed by atoms with Crippen molar-refractivity contribution in [2.45, 2.75) is 45.1 Å². The molecule has 0 bridgehead atoms. The number of carbonyl (C=O) groups is 2. The van der Waals surface area contributed by atoms with E-state index in [0.717, 1.165) is 53.5 Å². The van der Waals surface area contributed by atoms with Crippen LogP contribution in [0.5, 0.6) is 0 Å². The minimum Gasteiger partial charge on any atom is -0.368 e. The van der Waals surface area contributed by atoms with Gasteiger partial charge in [0.25, 0.3) is 0 Å². The van der Waals surface area contributed by atoms with Crippen molar-refractivity contribution in [1.82, 2.24) is 25.6 Å². The van der Waals surface area contributed by atoms with E-state index in [1.807, 2.05) is 67.7 Å². The smallest absolute Gasteiger partial charge is 0.240 e. The number of tetrazole rings is 1. The summed E-state index contributed by atoms with van der Waals surface area (Å²) < 4.78 is 0. The van der Waals surface area contributed by atoms with E-state index in [1.54, 1.807) is 11.1 Å². The average Bonchev–Trinajstić information content (AvgIpc) is 3.53. The highest BCUT2D eigenvalue weighted by molar-refractivity contribution is 6.01. The molecule has 5 rings (SSSR count). The Hall–Kier alpha value is -4.44. The molecule has 10 heteroatoms. The summed E-state index contributed by atoms with van der Waals surface area (Å²) in [5, 5.41) is 14.1. The summed E-state index contributed by atoms with van der Waals surface area (Å²) in [5.41, 5.74) is 17.3. The van der Waals surface area contributed by atoms with Crippen LogP contribution in [0, 0.1) is 18.8 Å². The van der Waals surface area contributed by atoms with Crippen LogP contribution in [-0.4, -0.2) is 50.0 Å². The molecule has 1 saturated carbocycles. The Bertz CT molecular complexity index is 1450. The van der Waals surface area contributed by atoms with Crippen LogP contribution in [0.2, 0.25) is 0 Å². The number of hydrogen-bond donors (Lipinski definition) is 3. The van der Waals surface area contributed by atoms with Gasteiger partial charge in [0.2, 0.25) is 17.6 Å². The van der Waals surface area contributed by atoms with E-state index in [9.17, 15) is 9.59 Å². The molecule has 1 fully saturated rings. The fourth-order valence-electron chi connectivity index (χ4n) is 5.56. The van der Waals surface area contributed by atoms with Crippen LogP contribution in [0.3, 0.4) is 0 Å². The fourth-order valence-corrected chi connectivity index (χ4v) is 5.56. The van der Waals surface area contributed by atoms with E-state index in [-0.39, 0.29) is 18.2 Å². The lowest BCUT2D eigenvalue weighted by atomic mass is 9.81. The number of aromatic amines is 1. The normalized spacial score (nSPS) is 17.8. The second kappa shape index (κ2) is 12.2. The number of carbonyl (C=O) groups excluding carboxylic acids is 2. The minimum atomic E-state index is -0.871. The van der Waals surface area contributed by atoms with Gasteiger partial charge >= 0.3 is 0 Å². The number of nitrogens with two attached hydrogens (primary N) is 2. The molecule has 2 heterocycles. The number of amides is 2. The third-order valence-electron chi connectivity index (χ3n) is 7.84. The number of aryl methyl sites for hydroxylation is 1. The van der Waals surface area contributed by atoms with Crippen molar-refractivity contribution in [2.24, 2.45) is 23.3 Å². The highest BCUT2D eigenvalue weighted by Gasteiger charge is 2.36. The number of hydrogen-bond acceptors (Lipinski definition) is 7. The van der Waals surface area contributed by atoms with Gasteiger partial charge in [0.15, 0.2) is 0 Å². The van der Waals surface area contributed by atoms with Crippen molar-refractivity contribution >= 4 is 17.5 Å². The summed E-state index contributed by atoms with van der Waals surface area (Å²) in [6.45, 7) is 2.64. The summed E-state index contributed by atoms with van der Waals surface area (Å²) in [6.07, 6.45) is 7.13. The van der Waals surface area contributed by atoms with Gasteiger partial charge in [0, 0.05) is 36.0 Å². The van der Waals surface area contributed by atoms with E-state index in [2.05, 4.69) is 25.6 Å². The fraction of sp³-hybridized carbons (Fsp3) is 0.333. The molecule has 2 aromatic heterocycles. The van der Waals surface area contributed by atoms with Crippen molar-refractivity contribution in [3.05, 3.63) is 78.1 Å². The largest absolute Gasteiger partial charge is 0.368 e. The van der Waals surface area contributed by atoms with Crippen molar-refractivity contribution in [1.29, 1.82) is 0 Å². The van der Waals surface area contributed by atoms with Gasteiger partial charge in [-0.2, -0.15) is 5.21 Å². The average molecular weight is 539 g/mol. The third-order valence-corrected chi connectivity index (χ3v) is 7.84. The first-order valence-electron chi connectivity index (χ1n) is 13.6. The molecule has 0 unspecified atom stereocenters. The molecule has 1 atom stereocenters. The standard InChI is InChI=1S/C30H34N8O2/c1-19-18-33-14-13-26(19)24-4-2-3-21(15-24)16-27(28(32)39)38(30(40)23-7-5-20(17-31)6-8-23)25-11-9-22(10-12-25)29-34-36-37-35-29/h2-4,9-15,18,20,23,27H,5-8,16-17,31H2,1H3,(H2,32,39)(H,34,35,36,37)/t20?,23?,27-/m0/s1. The van der Waals surface area contributed by atoms with Crippen LogP contribution in [0.15, 0.2) is 67.0 Å². The van der Waals surface area contributed by atoms with Crippen LogP contribution in [0.25, 0.3) is 22.5 Å². The maximum atomic E-state index is 14.1. The number of primary amides is 1.